The Balaban J connectivity index is 1.94. The molecule has 0 saturated carbocycles. The van der Waals surface area contributed by atoms with Crippen LogP contribution < -0.4 is 10.6 Å². The van der Waals surface area contributed by atoms with E-state index in [1.807, 2.05) is 22.6 Å². The van der Waals surface area contributed by atoms with E-state index in [0.717, 1.165) is 11.2 Å². The predicted octanol–water partition coefficient (Wildman–Crippen LogP) is 4.72. The lowest BCUT2D eigenvalue weighted by molar-refractivity contribution is -0.127. The van der Waals surface area contributed by atoms with Crippen molar-refractivity contribution >= 4 is 49.7 Å². The highest BCUT2D eigenvalue weighted by molar-refractivity contribution is 14.1. The van der Waals surface area contributed by atoms with Crippen LogP contribution in [0.2, 0.25) is 0 Å². The smallest absolute Gasteiger partial charge is 0.378 e. The second-order valence-corrected chi connectivity index (χ2v) is 8.42. The molecule has 23 heavy (non-hydrogen) atoms. The molecule has 2 nitrogen and oxygen atoms in total. The van der Waals surface area contributed by atoms with Crippen molar-refractivity contribution in [2.75, 3.05) is 18.4 Å². The Labute approximate surface area is 148 Å². The number of thiophene rings is 1. The molecule has 1 saturated heterocycles. The van der Waals surface area contributed by atoms with E-state index in [4.69, 9.17) is 0 Å². The second kappa shape index (κ2) is 6.72. The van der Waals surface area contributed by atoms with Crippen molar-refractivity contribution in [3.05, 3.63) is 26.6 Å². The molecule has 0 aliphatic carbocycles. The number of halogens is 5. The normalized spacial score (nSPS) is 22.5. The molecule has 126 valence electrons. The van der Waals surface area contributed by atoms with Crippen LogP contribution in [0.1, 0.15) is 12.0 Å². The first kappa shape index (κ1) is 17.2. The predicted molar refractivity (Wildman–Crippen MR) is 94.1 cm³/mol. The molecule has 2 N–H and O–H groups in total. The molecule has 0 unspecified atom stereocenters. The SMILES string of the molecule is F[C@H]1CNCC[C@H]1Nc1cccc2c(CC(F)(F)F)c(I)sc12. The summed E-state index contributed by atoms with van der Waals surface area (Å²) in [6.07, 6.45) is -5.53. The molecule has 1 aromatic carbocycles. The van der Waals surface area contributed by atoms with Crippen molar-refractivity contribution in [1.82, 2.24) is 5.32 Å². The van der Waals surface area contributed by atoms with E-state index in [-0.39, 0.29) is 6.04 Å². The van der Waals surface area contributed by atoms with Gasteiger partial charge in [0.15, 0.2) is 0 Å². The quantitative estimate of drug-likeness (QED) is 0.514. The number of hydrogen-bond donors (Lipinski definition) is 2. The number of rotatable bonds is 3. The maximum absolute atomic E-state index is 14.0. The van der Waals surface area contributed by atoms with Crippen LogP contribution in [0.3, 0.4) is 0 Å². The summed E-state index contributed by atoms with van der Waals surface area (Å²) in [5, 5.41) is 6.78. The average Bonchev–Trinajstić information content (AvgIpc) is 2.77. The highest BCUT2D eigenvalue weighted by Crippen LogP contribution is 2.40. The van der Waals surface area contributed by atoms with Crippen molar-refractivity contribution in [1.29, 1.82) is 0 Å². The van der Waals surface area contributed by atoms with E-state index >= 15 is 0 Å². The number of alkyl halides is 4. The minimum atomic E-state index is -4.24. The molecule has 2 heterocycles. The fraction of sp³-hybridized carbons (Fsp3) is 0.467. The molecule has 0 radical (unpaired) electrons. The van der Waals surface area contributed by atoms with Crippen molar-refractivity contribution < 1.29 is 17.6 Å². The molecule has 2 aromatic rings. The lowest BCUT2D eigenvalue weighted by Crippen LogP contribution is -2.45. The first-order valence-corrected chi connectivity index (χ1v) is 9.12. The minimum absolute atomic E-state index is 0.301. The third-order valence-electron chi connectivity index (χ3n) is 3.90. The van der Waals surface area contributed by atoms with Gasteiger partial charge in [0.1, 0.15) is 6.17 Å². The maximum Gasteiger partial charge on any atom is 0.393 e. The third kappa shape index (κ3) is 3.90. The van der Waals surface area contributed by atoms with Crippen LogP contribution in [0.5, 0.6) is 0 Å². The Morgan fingerprint density at radius 2 is 2.13 bits per heavy atom. The van der Waals surface area contributed by atoms with Gasteiger partial charge in [-0.05, 0) is 52.6 Å². The lowest BCUT2D eigenvalue weighted by atomic mass is 10.0. The van der Waals surface area contributed by atoms with Crippen LogP contribution >= 0.6 is 33.9 Å². The fourth-order valence-electron chi connectivity index (χ4n) is 2.80. The van der Waals surface area contributed by atoms with Crippen LogP contribution in [-0.2, 0) is 6.42 Å². The number of anilines is 1. The van der Waals surface area contributed by atoms with Gasteiger partial charge >= 0.3 is 6.18 Å². The number of piperidine rings is 1. The van der Waals surface area contributed by atoms with Gasteiger partial charge in [0.25, 0.3) is 0 Å². The monoisotopic (exact) mass is 458 g/mol. The molecule has 3 rings (SSSR count). The molecule has 8 heteroatoms. The summed E-state index contributed by atoms with van der Waals surface area (Å²) in [7, 11) is 0. The highest BCUT2D eigenvalue weighted by Gasteiger charge is 2.31. The Bertz CT molecular complexity index is 701. The van der Waals surface area contributed by atoms with Gasteiger partial charge in [0, 0.05) is 6.54 Å². The summed E-state index contributed by atoms with van der Waals surface area (Å²) in [5.74, 6) is 0. The standard InChI is InChI=1S/C15H15F4IN2S/c16-10-7-21-5-4-11(10)22-12-3-1-2-8-9(6-15(17,18)19)14(20)23-13(8)12/h1-3,10-11,21-22H,4-7H2/t10-,11+/m0/s1. The molecule has 1 aromatic heterocycles. The molecule has 0 amide bonds. The minimum Gasteiger partial charge on any atom is -0.378 e. The molecular weight excluding hydrogens is 443 g/mol. The molecule has 0 bridgehead atoms. The topological polar surface area (TPSA) is 24.1 Å². The summed E-state index contributed by atoms with van der Waals surface area (Å²) >= 11 is 3.27. The van der Waals surface area contributed by atoms with E-state index in [1.54, 1.807) is 18.2 Å². The van der Waals surface area contributed by atoms with Gasteiger partial charge in [-0.25, -0.2) is 4.39 Å². The van der Waals surface area contributed by atoms with Crippen LogP contribution in [0.15, 0.2) is 18.2 Å². The molecular formula is C15H15F4IN2S. The van der Waals surface area contributed by atoms with E-state index in [9.17, 15) is 17.6 Å². The van der Waals surface area contributed by atoms with Gasteiger partial charge in [-0.2, -0.15) is 13.2 Å². The van der Waals surface area contributed by atoms with Crippen LogP contribution in [0, 0.1) is 2.88 Å². The van der Waals surface area contributed by atoms with E-state index in [0.29, 0.717) is 32.5 Å². The molecule has 1 aliphatic heterocycles. The summed E-state index contributed by atoms with van der Waals surface area (Å²) in [5.41, 5.74) is 1.03. The first-order valence-electron chi connectivity index (χ1n) is 7.23. The van der Waals surface area contributed by atoms with Crippen molar-refractivity contribution in [2.24, 2.45) is 0 Å². The van der Waals surface area contributed by atoms with Gasteiger partial charge < -0.3 is 10.6 Å². The van der Waals surface area contributed by atoms with Crippen LogP contribution in [0.4, 0.5) is 23.2 Å². The number of benzene rings is 1. The zero-order valence-corrected chi connectivity index (χ0v) is 15.0. The maximum atomic E-state index is 14.0. The first-order chi connectivity index (χ1) is 10.8. The average molecular weight is 458 g/mol. The third-order valence-corrected chi connectivity index (χ3v) is 6.28. The number of nitrogens with one attached hydrogen (secondary N) is 2. The summed E-state index contributed by atoms with van der Waals surface area (Å²) < 4.78 is 53.7. The van der Waals surface area contributed by atoms with E-state index < -0.39 is 18.8 Å². The van der Waals surface area contributed by atoms with Gasteiger partial charge in [-0.15, -0.1) is 11.3 Å². The summed E-state index contributed by atoms with van der Waals surface area (Å²) in [4.78, 5) is 0. The Morgan fingerprint density at radius 1 is 1.35 bits per heavy atom. The molecule has 1 aliphatic rings. The van der Waals surface area contributed by atoms with Crippen molar-refractivity contribution in [2.45, 2.75) is 31.2 Å². The number of fused-ring (bicyclic) bond motifs is 1. The van der Waals surface area contributed by atoms with Gasteiger partial charge in [0.2, 0.25) is 0 Å². The molecule has 0 spiro atoms. The molecule has 1 fully saturated rings. The van der Waals surface area contributed by atoms with Crippen molar-refractivity contribution in [3.63, 3.8) is 0 Å². The zero-order chi connectivity index (χ0) is 16.6. The second-order valence-electron chi connectivity index (χ2n) is 5.59. The largest absolute Gasteiger partial charge is 0.393 e. The summed E-state index contributed by atoms with van der Waals surface area (Å²) in [6.45, 7) is 1.03. The van der Waals surface area contributed by atoms with E-state index in [2.05, 4.69) is 10.6 Å². The van der Waals surface area contributed by atoms with E-state index in [1.165, 1.54) is 11.3 Å². The van der Waals surface area contributed by atoms with Crippen LogP contribution in [-0.4, -0.2) is 31.5 Å². The molecule has 2 atom stereocenters. The highest BCUT2D eigenvalue weighted by atomic mass is 127. The number of hydrogen-bond acceptors (Lipinski definition) is 3. The Hall–Kier alpha value is -0.610. The lowest BCUT2D eigenvalue weighted by Gasteiger charge is -2.28. The van der Waals surface area contributed by atoms with Gasteiger partial charge in [-0.1, -0.05) is 12.1 Å². The Morgan fingerprint density at radius 3 is 2.83 bits per heavy atom. The van der Waals surface area contributed by atoms with Gasteiger partial charge in [0.05, 0.1) is 25.7 Å². The Kier molecular flexibility index (Phi) is 5.03. The fourth-order valence-corrected chi connectivity index (χ4v) is 4.97. The zero-order valence-electron chi connectivity index (χ0n) is 12.0. The van der Waals surface area contributed by atoms with Crippen LogP contribution in [0.25, 0.3) is 10.1 Å². The van der Waals surface area contributed by atoms with Crippen molar-refractivity contribution in [3.8, 4) is 0 Å². The van der Waals surface area contributed by atoms with Gasteiger partial charge in [-0.3, -0.25) is 0 Å². The summed E-state index contributed by atoms with van der Waals surface area (Å²) in [6, 6.07) is 4.92.